The molecule has 0 bridgehead atoms. The number of methoxy groups -OCH3 is 1. The van der Waals surface area contributed by atoms with Crippen LogP contribution in [0.4, 0.5) is 5.69 Å². The lowest BCUT2D eigenvalue weighted by Crippen LogP contribution is -2.38. The average molecular weight is 338 g/mol. The van der Waals surface area contributed by atoms with Crippen molar-refractivity contribution in [3.05, 3.63) is 58.6 Å². The third-order valence-corrected chi connectivity index (χ3v) is 3.76. The Morgan fingerprint density at radius 1 is 1.27 bits per heavy atom. The van der Waals surface area contributed by atoms with E-state index in [1.54, 1.807) is 7.11 Å². The van der Waals surface area contributed by atoms with Gasteiger partial charge in [-0.1, -0.05) is 35.9 Å². The normalized spacial score (nSPS) is 13.0. The van der Waals surface area contributed by atoms with Crippen LogP contribution < -0.4 is 10.5 Å². The van der Waals surface area contributed by atoms with Gasteiger partial charge in [0.05, 0.1) is 12.8 Å². The minimum absolute atomic E-state index is 0. The highest BCUT2D eigenvalue weighted by Crippen LogP contribution is 2.28. The molecule has 0 atom stereocenters. The Labute approximate surface area is 141 Å². The SMILES string of the molecule is COc1cc(Cl)ccc1CN1Cc2ccccc2N=C1N.Cl. The Hall–Kier alpha value is -1.91. The largest absolute Gasteiger partial charge is 0.496 e. The fourth-order valence-electron chi connectivity index (χ4n) is 2.43. The number of halogens is 2. The topological polar surface area (TPSA) is 50.8 Å². The van der Waals surface area contributed by atoms with Crippen molar-refractivity contribution < 1.29 is 4.74 Å². The summed E-state index contributed by atoms with van der Waals surface area (Å²) in [6.45, 7) is 1.36. The number of fused-ring (bicyclic) bond motifs is 1. The quantitative estimate of drug-likeness (QED) is 0.928. The molecule has 0 spiro atoms. The molecule has 0 aromatic heterocycles. The highest BCUT2D eigenvalue weighted by molar-refractivity contribution is 6.30. The molecule has 1 aliphatic rings. The molecule has 2 N–H and O–H groups in total. The van der Waals surface area contributed by atoms with Gasteiger partial charge < -0.3 is 15.4 Å². The molecule has 0 radical (unpaired) electrons. The van der Waals surface area contributed by atoms with Crippen molar-refractivity contribution in [3.63, 3.8) is 0 Å². The summed E-state index contributed by atoms with van der Waals surface area (Å²) in [7, 11) is 1.64. The second-order valence-electron chi connectivity index (χ2n) is 4.91. The van der Waals surface area contributed by atoms with Crippen LogP contribution in [0.2, 0.25) is 5.02 Å². The summed E-state index contributed by atoms with van der Waals surface area (Å²) in [5, 5.41) is 0.654. The summed E-state index contributed by atoms with van der Waals surface area (Å²) in [5.41, 5.74) is 9.20. The van der Waals surface area contributed by atoms with Crippen LogP contribution in [-0.4, -0.2) is 18.0 Å². The van der Waals surface area contributed by atoms with Crippen molar-refractivity contribution >= 4 is 35.7 Å². The molecular formula is C16H17Cl2N3O. The molecule has 22 heavy (non-hydrogen) atoms. The smallest absolute Gasteiger partial charge is 0.197 e. The first-order valence-electron chi connectivity index (χ1n) is 6.67. The van der Waals surface area contributed by atoms with Crippen molar-refractivity contribution in [2.24, 2.45) is 10.7 Å². The first-order valence-corrected chi connectivity index (χ1v) is 7.04. The highest BCUT2D eigenvalue weighted by Gasteiger charge is 2.18. The van der Waals surface area contributed by atoms with E-state index in [0.717, 1.165) is 23.5 Å². The van der Waals surface area contributed by atoms with Gasteiger partial charge in [0.25, 0.3) is 0 Å². The van der Waals surface area contributed by atoms with Crippen molar-refractivity contribution in [2.45, 2.75) is 13.1 Å². The second kappa shape index (κ2) is 6.90. The predicted molar refractivity (Wildman–Crippen MR) is 92.2 cm³/mol. The van der Waals surface area contributed by atoms with Crippen LogP contribution in [0.1, 0.15) is 11.1 Å². The molecule has 2 aromatic carbocycles. The van der Waals surface area contributed by atoms with Crippen molar-refractivity contribution in [3.8, 4) is 5.75 Å². The Morgan fingerprint density at radius 3 is 2.82 bits per heavy atom. The summed E-state index contributed by atoms with van der Waals surface area (Å²) in [4.78, 5) is 6.47. The molecule has 0 unspecified atom stereocenters. The molecule has 1 aliphatic heterocycles. The molecule has 2 aromatic rings. The van der Waals surface area contributed by atoms with Gasteiger partial charge in [-0.25, -0.2) is 4.99 Å². The van der Waals surface area contributed by atoms with Crippen LogP contribution in [0.25, 0.3) is 0 Å². The molecule has 0 aliphatic carbocycles. The van der Waals surface area contributed by atoms with Gasteiger partial charge in [0.2, 0.25) is 0 Å². The van der Waals surface area contributed by atoms with Crippen LogP contribution in [-0.2, 0) is 13.1 Å². The molecule has 0 amide bonds. The highest BCUT2D eigenvalue weighted by atomic mass is 35.5. The fourth-order valence-corrected chi connectivity index (χ4v) is 2.59. The Morgan fingerprint density at radius 2 is 2.05 bits per heavy atom. The molecule has 0 saturated heterocycles. The van der Waals surface area contributed by atoms with E-state index in [4.69, 9.17) is 22.1 Å². The third-order valence-electron chi connectivity index (χ3n) is 3.52. The van der Waals surface area contributed by atoms with Gasteiger partial charge in [-0.3, -0.25) is 0 Å². The Kier molecular flexibility index (Phi) is 5.16. The summed E-state index contributed by atoms with van der Waals surface area (Å²) in [6.07, 6.45) is 0. The lowest BCUT2D eigenvalue weighted by Gasteiger charge is -2.28. The standard InChI is InChI=1S/C16H16ClN3O.ClH/c1-21-15-8-13(17)7-6-12(15)10-20-9-11-4-2-3-5-14(11)19-16(20)18;/h2-8H,9-10H2,1H3,(H2,18,19);1H. The maximum absolute atomic E-state index is 6.07. The third kappa shape index (κ3) is 3.29. The number of hydrogen-bond donors (Lipinski definition) is 1. The predicted octanol–water partition coefficient (Wildman–Crippen LogP) is 3.73. The molecule has 0 saturated carbocycles. The Bertz CT molecular complexity index is 704. The summed E-state index contributed by atoms with van der Waals surface area (Å²) >= 11 is 5.99. The monoisotopic (exact) mass is 337 g/mol. The zero-order valence-corrected chi connectivity index (χ0v) is 13.7. The van der Waals surface area contributed by atoms with Gasteiger partial charge in [-0.2, -0.15) is 0 Å². The number of hydrogen-bond acceptors (Lipinski definition) is 4. The Balaban J connectivity index is 0.00000176. The number of benzene rings is 2. The number of nitrogens with zero attached hydrogens (tertiary/aromatic N) is 2. The van der Waals surface area contributed by atoms with Gasteiger partial charge >= 0.3 is 0 Å². The zero-order chi connectivity index (χ0) is 14.8. The van der Waals surface area contributed by atoms with E-state index in [0.29, 0.717) is 17.5 Å². The molecule has 116 valence electrons. The van der Waals surface area contributed by atoms with Crippen molar-refractivity contribution in [2.75, 3.05) is 7.11 Å². The molecule has 3 rings (SSSR count). The van der Waals surface area contributed by atoms with E-state index in [1.165, 1.54) is 5.56 Å². The summed E-state index contributed by atoms with van der Waals surface area (Å²) in [6, 6.07) is 13.6. The van der Waals surface area contributed by atoms with E-state index in [2.05, 4.69) is 11.1 Å². The maximum Gasteiger partial charge on any atom is 0.197 e. The average Bonchev–Trinajstić information content (AvgIpc) is 2.49. The first kappa shape index (κ1) is 16.5. The van der Waals surface area contributed by atoms with E-state index in [1.807, 2.05) is 41.3 Å². The van der Waals surface area contributed by atoms with Crippen molar-refractivity contribution in [1.82, 2.24) is 4.90 Å². The van der Waals surface area contributed by atoms with E-state index in [-0.39, 0.29) is 12.4 Å². The molecule has 4 nitrogen and oxygen atoms in total. The minimum Gasteiger partial charge on any atom is -0.496 e. The fraction of sp³-hybridized carbons (Fsp3) is 0.188. The van der Waals surface area contributed by atoms with Crippen LogP contribution in [0.5, 0.6) is 5.75 Å². The number of aliphatic imine (C=N–C) groups is 1. The van der Waals surface area contributed by atoms with Crippen molar-refractivity contribution in [1.29, 1.82) is 0 Å². The lowest BCUT2D eigenvalue weighted by molar-refractivity contribution is 0.370. The number of rotatable bonds is 3. The summed E-state index contributed by atoms with van der Waals surface area (Å²) < 4.78 is 5.38. The number of para-hydroxylation sites is 1. The summed E-state index contributed by atoms with van der Waals surface area (Å²) in [5.74, 6) is 1.28. The van der Waals surface area contributed by atoms with Crippen LogP contribution in [0.3, 0.4) is 0 Å². The van der Waals surface area contributed by atoms with Crippen LogP contribution in [0, 0.1) is 0 Å². The van der Waals surface area contributed by atoms with Gasteiger partial charge in [-0.05, 0) is 23.8 Å². The lowest BCUT2D eigenvalue weighted by atomic mass is 10.1. The first-order chi connectivity index (χ1) is 10.2. The van der Waals surface area contributed by atoms with Gasteiger partial charge in [0, 0.05) is 23.7 Å². The number of ether oxygens (including phenoxy) is 1. The molecule has 6 heteroatoms. The number of nitrogens with two attached hydrogens (primary N) is 1. The van der Waals surface area contributed by atoms with Gasteiger partial charge in [0.15, 0.2) is 5.96 Å². The van der Waals surface area contributed by atoms with E-state index < -0.39 is 0 Å². The molecule has 0 fully saturated rings. The van der Waals surface area contributed by atoms with E-state index >= 15 is 0 Å². The van der Waals surface area contributed by atoms with E-state index in [9.17, 15) is 0 Å². The minimum atomic E-state index is 0. The van der Waals surface area contributed by atoms with Crippen LogP contribution >= 0.6 is 24.0 Å². The van der Waals surface area contributed by atoms with Gasteiger partial charge in [0.1, 0.15) is 5.75 Å². The number of guanidine groups is 1. The zero-order valence-electron chi connectivity index (χ0n) is 12.1. The molecular weight excluding hydrogens is 321 g/mol. The molecule has 1 heterocycles. The second-order valence-corrected chi connectivity index (χ2v) is 5.35. The van der Waals surface area contributed by atoms with Crippen LogP contribution in [0.15, 0.2) is 47.5 Å². The maximum atomic E-state index is 6.07. The van der Waals surface area contributed by atoms with Gasteiger partial charge in [-0.15, -0.1) is 12.4 Å².